The van der Waals surface area contributed by atoms with Gasteiger partial charge in [0.2, 0.25) is 10.0 Å². The summed E-state index contributed by atoms with van der Waals surface area (Å²) in [6, 6.07) is 19.3. The monoisotopic (exact) mass is 443 g/mol. The molecule has 4 aromatic rings. The Hall–Kier alpha value is -3.22. The van der Waals surface area contributed by atoms with Crippen molar-refractivity contribution in [3.8, 4) is 0 Å². The third-order valence-corrected chi connectivity index (χ3v) is 7.91. The summed E-state index contributed by atoms with van der Waals surface area (Å²) < 4.78 is 30.4. The van der Waals surface area contributed by atoms with Gasteiger partial charge in [-0.1, -0.05) is 35.4 Å². The zero-order valence-corrected chi connectivity index (χ0v) is 19.0. The number of sulfonamides is 1. The van der Waals surface area contributed by atoms with E-state index < -0.39 is 10.0 Å². The number of pyridine rings is 1. The van der Waals surface area contributed by atoms with Gasteiger partial charge < -0.3 is 4.57 Å². The van der Waals surface area contributed by atoms with Crippen LogP contribution in [0.4, 0.5) is 0 Å². The highest BCUT2D eigenvalue weighted by Crippen LogP contribution is 2.34. The van der Waals surface area contributed by atoms with Gasteiger partial charge in [0.15, 0.2) is 0 Å². The summed E-state index contributed by atoms with van der Waals surface area (Å²) in [7, 11) is -3.55. The summed E-state index contributed by atoms with van der Waals surface area (Å²) in [6.07, 6.45) is 6.47. The van der Waals surface area contributed by atoms with Gasteiger partial charge in [0.1, 0.15) is 0 Å². The van der Waals surface area contributed by atoms with Crippen molar-refractivity contribution < 1.29 is 8.42 Å². The fourth-order valence-corrected chi connectivity index (χ4v) is 5.75. The summed E-state index contributed by atoms with van der Waals surface area (Å²) in [5.41, 5.74) is 6.41. The number of aryl methyl sites for hydroxylation is 2. The maximum Gasteiger partial charge on any atom is 0.243 e. The van der Waals surface area contributed by atoms with E-state index in [1.165, 1.54) is 0 Å². The van der Waals surface area contributed by atoms with Gasteiger partial charge in [-0.05, 0) is 61.9 Å². The lowest BCUT2D eigenvalue weighted by molar-refractivity contribution is 0.390. The maximum atomic E-state index is 13.3. The van der Waals surface area contributed by atoms with E-state index in [-0.39, 0.29) is 0 Å². The molecule has 0 aliphatic carbocycles. The number of benzene rings is 2. The van der Waals surface area contributed by atoms with Crippen molar-refractivity contribution >= 4 is 33.2 Å². The highest BCUT2D eigenvalue weighted by molar-refractivity contribution is 7.89. The lowest BCUT2D eigenvalue weighted by Crippen LogP contribution is -2.36. The van der Waals surface area contributed by atoms with Crippen molar-refractivity contribution in [2.45, 2.75) is 31.7 Å². The molecule has 0 unspecified atom stereocenters. The predicted molar refractivity (Wildman–Crippen MR) is 129 cm³/mol. The van der Waals surface area contributed by atoms with E-state index in [2.05, 4.69) is 34.7 Å². The molecule has 2 aromatic heterocycles. The zero-order valence-electron chi connectivity index (χ0n) is 18.2. The van der Waals surface area contributed by atoms with Gasteiger partial charge in [-0.3, -0.25) is 4.98 Å². The third-order valence-electron chi connectivity index (χ3n) is 6.05. The number of nitrogens with zero attached hydrogens (tertiary/aromatic N) is 3. The van der Waals surface area contributed by atoms with Crippen LogP contribution in [0.3, 0.4) is 0 Å². The van der Waals surface area contributed by atoms with Crippen LogP contribution in [0.2, 0.25) is 0 Å². The largest absolute Gasteiger partial charge is 0.320 e. The summed E-state index contributed by atoms with van der Waals surface area (Å²) in [5, 5.41) is 1.11. The SMILES string of the molecule is Cc1ccc(S(=O)(=O)N2CCc3c(c4cc(C)ccc4n3/C=C/c3ccccn3)C2)cc1. The second-order valence-electron chi connectivity index (χ2n) is 8.29. The number of fused-ring (bicyclic) bond motifs is 3. The fourth-order valence-electron chi connectivity index (χ4n) is 4.34. The van der Waals surface area contributed by atoms with Crippen LogP contribution in [0, 0.1) is 13.8 Å². The molecule has 3 heterocycles. The zero-order chi connectivity index (χ0) is 22.3. The molecule has 5 rings (SSSR count). The Morgan fingerprint density at radius 3 is 2.50 bits per heavy atom. The minimum absolute atomic E-state index is 0.349. The van der Waals surface area contributed by atoms with Crippen LogP contribution in [0.15, 0.2) is 71.8 Å². The van der Waals surface area contributed by atoms with E-state index >= 15 is 0 Å². The Morgan fingerprint density at radius 1 is 0.969 bits per heavy atom. The van der Waals surface area contributed by atoms with E-state index in [4.69, 9.17) is 0 Å². The molecule has 0 fully saturated rings. The minimum Gasteiger partial charge on any atom is -0.320 e. The normalized spacial score (nSPS) is 14.8. The predicted octanol–water partition coefficient (Wildman–Crippen LogP) is 5.03. The molecule has 32 heavy (non-hydrogen) atoms. The van der Waals surface area contributed by atoms with Gasteiger partial charge in [0, 0.05) is 43.0 Å². The highest BCUT2D eigenvalue weighted by Gasteiger charge is 2.31. The van der Waals surface area contributed by atoms with Crippen molar-refractivity contribution in [2.75, 3.05) is 6.54 Å². The van der Waals surface area contributed by atoms with Gasteiger partial charge in [-0.15, -0.1) is 0 Å². The van der Waals surface area contributed by atoms with Crippen molar-refractivity contribution in [3.63, 3.8) is 0 Å². The molecule has 2 aromatic carbocycles. The summed E-state index contributed by atoms with van der Waals surface area (Å²) in [5.74, 6) is 0. The molecule has 0 saturated heterocycles. The average Bonchev–Trinajstić information content (AvgIpc) is 3.11. The van der Waals surface area contributed by atoms with Crippen LogP contribution in [-0.4, -0.2) is 28.8 Å². The quantitative estimate of drug-likeness (QED) is 0.445. The summed E-state index contributed by atoms with van der Waals surface area (Å²) in [4.78, 5) is 4.73. The molecule has 0 N–H and O–H groups in total. The Labute approximate surface area is 188 Å². The van der Waals surface area contributed by atoms with Crippen LogP contribution in [0.1, 0.15) is 28.1 Å². The molecule has 6 heteroatoms. The molecule has 1 aliphatic heterocycles. The molecule has 0 spiro atoms. The molecule has 0 amide bonds. The van der Waals surface area contributed by atoms with Crippen LogP contribution in [-0.2, 0) is 23.0 Å². The van der Waals surface area contributed by atoms with Crippen LogP contribution in [0.25, 0.3) is 23.2 Å². The van der Waals surface area contributed by atoms with E-state index in [0.29, 0.717) is 24.4 Å². The van der Waals surface area contributed by atoms with Gasteiger partial charge in [0.25, 0.3) is 0 Å². The Bertz CT molecular complexity index is 1420. The molecular weight excluding hydrogens is 418 g/mol. The Morgan fingerprint density at radius 2 is 1.75 bits per heavy atom. The standard InChI is InChI=1S/C26H25N3O2S/c1-19-6-9-22(10-7-19)32(30,31)28-15-13-26-24(18-28)23-17-20(2)8-11-25(23)29(26)16-12-21-5-3-4-14-27-21/h3-12,14,16-17H,13,15,18H2,1-2H3/b16-12+. The third kappa shape index (κ3) is 3.66. The van der Waals surface area contributed by atoms with Crippen molar-refractivity contribution in [3.05, 3.63) is 94.9 Å². The van der Waals surface area contributed by atoms with Gasteiger partial charge in [0.05, 0.1) is 16.1 Å². The first kappa shape index (κ1) is 20.7. The second-order valence-corrected chi connectivity index (χ2v) is 10.2. The maximum absolute atomic E-state index is 13.3. The topological polar surface area (TPSA) is 55.2 Å². The van der Waals surface area contributed by atoms with E-state index in [1.807, 2.05) is 49.5 Å². The van der Waals surface area contributed by atoms with Crippen LogP contribution in [0.5, 0.6) is 0 Å². The highest BCUT2D eigenvalue weighted by atomic mass is 32.2. The van der Waals surface area contributed by atoms with Crippen LogP contribution < -0.4 is 0 Å². The lowest BCUT2D eigenvalue weighted by atomic mass is 10.0. The summed E-state index contributed by atoms with van der Waals surface area (Å²) >= 11 is 0. The van der Waals surface area contributed by atoms with Crippen molar-refractivity contribution in [1.29, 1.82) is 0 Å². The minimum atomic E-state index is -3.55. The number of hydrogen-bond acceptors (Lipinski definition) is 3. The molecule has 0 radical (unpaired) electrons. The average molecular weight is 444 g/mol. The van der Waals surface area contributed by atoms with E-state index in [1.54, 1.807) is 22.6 Å². The van der Waals surface area contributed by atoms with Crippen LogP contribution >= 0.6 is 0 Å². The van der Waals surface area contributed by atoms with E-state index in [0.717, 1.165) is 39.0 Å². The van der Waals surface area contributed by atoms with Crippen molar-refractivity contribution in [2.24, 2.45) is 0 Å². The first-order valence-corrected chi connectivity index (χ1v) is 12.2. The number of aromatic nitrogens is 2. The molecule has 0 saturated carbocycles. The molecule has 0 bridgehead atoms. The molecular formula is C26H25N3O2S. The van der Waals surface area contributed by atoms with Gasteiger partial charge in [-0.25, -0.2) is 8.42 Å². The molecule has 5 nitrogen and oxygen atoms in total. The number of rotatable bonds is 4. The molecule has 1 aliphatic rings. The smallest absolute Gasteiger partial charge is 0.243 e. The fraction of sp³-hybridized carbons (Fsp3) is 0.192. The van der Waals surface area contributed by atoms with Gasteiger partial charge >= 0.3 is 0 Å². The van der Waals surface area contributed by atoms with Gasteiger partial charge in [-0.2, -0.15) is 4.31 Å². The second kappa shape index (κ2) is 8.04. The lowest BCUT2D eigenvalue weighted by Gasteiger charge is -2.27. The first-order valence-electron chi connectivity index (χ1n) is 10.7. The Balaban J connectivity index is 1.57. The van der Waals surface area contributed by atoms with Crippen molar-refractivity contribution in [1.82, 2.24) is 13.9 Å². The molecule has 0 atom stereocenters. The van der Waals surface area contributed by atoms with E-state index in [9.17, 15) is 8.42 Å². The number of hydrogen-bond donors (Lipinski definition) is 0. The molecule has 162 valence electrons. The summed E-state index contributed by atoms with van der Waals surface area (Å²) in [6.45, 7) is 4.85. The Kier molecular flexibility index (Phi) is 5.19. The first-order chi connectivity index (χ1) is 15.4.